The van der Waals surface area contributed by atoms with Gasteiger partial charge in [0.2, 0.25) is 0 Å². The summed E-state index contributed by atoms with van der Waals surface area (Å²) in [6.45, 7) is 29.4. The minimum Gasteiger partial charge on any atom is -0.507 e. The number of benzene rings is 2. The Morgan fingerprint density at radius 1 is 0.480 bits per heavy atom. The van der Waals surface area contributed by atoms with Gasteiger partial charge in [-0.05, 0) is 104 Å². The predicted octanol–water partition coefficient (Wildman–Crippen LogP) is 9.57. The molecule has 268 valence electrons. The van der Waals surface area contributed by atoms with Gasteiger partial charge in [-0.15, -0.1) is 0 Å². The van der Waals surface area contributed by atoms with Gasteiger partial charge in [0.1, 0.15) is 11.5 Å². The van der Waals surface area contributed by atoms with Crippen molar-refractivity contribution in [3.63, 3.8) is 0 Å². The molecule has 4 aromatic rings. The first-order valence-corrected chi connectivity index (χ1v) is 18.2. The van der Waals surface area contributed by atoms with E-state index in [-0.39, 0.29) is 33.7 Å². The molecule has 50 heavy (non-hydrogen) atoms. The van der Waals surface area contributed by atoms with Crippen LogP contribution < -0.4 is 0 Å². The van der Waals surface area contributed by atoms with E-state index in [4.69, 9.17) is 9.97 Å². The van der Waals surface area contributed by atoms with E-state index in [1.807, 2.05) is 24.5 Å². The minimum absolute atomic E-state index is 0.0666. The fourth-order valence-electron chi connectivity index (χ4n) is 7.38. The van der Waals surface area contributed by atoms with Gasteiger partial charge in [0.05, 0.1) is 23.5 Å². The summed E-state index contributed by atoms with van der Waals surface area (Å²) in [5.74, 6) is 0.796. The van der Waals surface area contributed by atoms with Crippen LogP contribution in [-0.2, 0) is 21.7 Å². The van der Waals surface area contributed by atoms with Gasteiger partial charge in [-0.1, -0.05) is 95.2 Å². The van der Waals surface area contributed by atoms with E-state index >= 15 is 0 Å². The van der Waals surface area contributed by atoms with Crippen molar-refractivity contribution in [1.82, 2.24) is 19.8 Å². The first kappa shape index (κ1) is 37.5. The van der Waals surface area contributed by atoms with Crippen molar-refractivity contribution in [2.24, 2.45) is 0 Å². The summed E-state index contributed by atoms with van der Waals surface area (Å²) in [5, 5.41) is 23.1. The molecule has 6 heteroatoms. The second-order valence-electron chi connectivity index (χ2n) is 18.3. The fourth-order valence-corrected chi connectivity index (χ4v) is 7.38. The highest BCUT2D eigenvalue weighted by atomic mass is 16.3. The molecule has 0 bridgehead atoms. The highest BCUT2D eigenvalue weighted by Crippen LogP contribution is 2.45. The largest absolute Gasteiger partial charge is 0.507 e. The van der Waals surface area contributed by atoms with Crippen molar-refractivity contribution in [2.75, 3.05) is 26.2 Å². The molecule has 0 unspecified atom stereocenters. The van der Waals surface area contributed by atoms with Crippen LogP contribution in [0.2, 0.25) is 0 Å². The SMILES string of the molecule is CC(C)(C)c1cc([C@H](c2ccccn2)N2CCN([C@H](c3cc(C(C)(C)C)c(O)c(C(C)(C)C)c3)c3ccccn3)CC2)cc(C(C)(C)C)c1O. The third-order valence-corrected chi connectivity index (χ3v) is 10.1. The van der Waals surface area contributed by atoms with E-state index in [0.29, 0.717) is 11.5 Å². The second-order valence-corrected chi connectivity index (χ2v) is 18.3. The first-order valence-electron chi connectivity index (χ1n) is 18.2. The van der Waals surface area contributed by atoms with Crippen LogP contribution in [0.4, 0.5) is 0 Å². The highest BCUT2D eigenvalue weighted by molar-refractivity contribution is 5.53. The quantitative estimate of drug-likeness (QED) is 0.212. The van der Waals surface area contributed by atoms with Crippen molar-refractivity contribution >= 4 is 0 Å². The molecule has 6 nitrogen and oxygen atoms in total. The topological polar surface area (TPSA) is 72.7 Å². The van der Waals surface area contributed by atoms with E-state index in [9.17, 15) is 10.2 Å². The van der Waals surface area contributed by atoms with Crippen LogP contribution in [0.15, 0.2) is 73.1 Å². The van der Waals surface area contributed by atoms with Crippen LogP contribution in [-0.4, -0.2) is 56.2 Å². The lowest BCUT2D eigenvalue weighted by molar-refractivity contribution is 0.0874. The Morgan fingerprint density at radius 3 is 0.980 bits per heavy atom. The molecule has 0 aliphatic carbocycles. The second kappa shape index (κ2) is 13.8. The zero-order chi connectivity index (χ0) is 36.8. The van der Waals surface area contributed by atoms with E-state index in [1.54, 1.807) is 0 Å². The lowest BCUT2D eigenvalue weighted by Gasteiger charge is -2.43. The summed E-state index contributed by atoms with van der Waals surface area (Å²) in [6, 6.07) is 21.1. The summed E-state index contributed by atoms with van der Waals surface area (Å²) in [5.41, 5.74) is 7.28. The highest BCUT2D eigenvalue weighted by Gasteiger charge is 2.36. The molecule has 3 heterocycles. The number of phenols is 2. The van der Waals surface area contributed by atoms with Gasteiger partial charge in [0.15, 0.2) is 0 Å². The van der Waals surface area contributed by atoms with E-state index in [0.717, 1.165) is 70.9 Å². The minimum atomic E-state index is -0.231. The zero-order valence-corrected chi connectivity index (χ0v) is 32.6. The molecule has 0 spiro atoms. The number of nitrogens with zero attached hydrogens (tertiary/aromatic N) is 4. The number of aromatic hydroxyl groups is 2. The van der Waals surface area contributed by atoms with Crippen LogP contribution in [0.25, 0.3) is 0 Å². The Bertz CT molecular complexity index is 1560. The van der Waals surface area contributed by atoms with Crippen LogP contribution in [0.5, 0.6) is 11.5 Å². The summed E-state index contributed by atoms with van der Waals surface area (Å²) < 4.78 is 0. The molecule has 5 rings (SSSR count). The molecule has 2 aromatic carbocycles. The Kier molecular flexibility index (Phi) is 10.3. The number of phenolic OH excluding ortho intramolecular Hbond substituents is 2. The van der Waals surface area contributed by atoms with Crippen molar-refractivity contribution in [3.8, 4) is 11.5 Å². The van der Waals surface area contributed by atoms with Gasteiger partial charge >= 0.3 is 0 Å². The summed E-state index contributed by atoms with van der Waals surface area (Å²) in [4.78, 5) is 14.9. The number of hydrogen-bond acceptors (Lipinski definition) is 6. The first-order chi connectivity index (χ1) is 23.2. The molecule has 1 fully saturated rings. The Morgan fingerprint density at radius 2 is 0.760 bits per heavy atom. The summed E-state index contributed by atoms with van der Waals surface area (Å²) in [6.07, 6.45) is 3.77. The molecule has 1 aliphatic rings. The lowest BCUT2D eigenvalue weighted by Crippen LogP contribution is -2.49. The van der Waals surface area contributed by atoms with E-state index in [1.165, 1.54) is 0 Å². The molecular formula is C44H60N4O2. The van der Waals surface area contributed by atoms with Crippen LogP contribution >= 0.6 is 0 Å². The number of piperazine rings is 1. The molecule has 1 aliphatic heterocycles. The van der Waals surface area contributed by atoms with Gasteiger partial charge in [-0.2, -0.15) is 0 Å². The maximum absolute atomic E-state index is 11.6. The normalized spacial score (nSPS) is 16.7. The van der Waals surface area contributed by atoms with Gasteiger partial charge in [-0.3, -0.25) is 19.8 Å². The molecule has 0 saturated carbocycles. The number of rotatable bonds is 6. The molecule has 2 atom stereocenters. The van der Waals surface area contributed by atoms with E-state index in [2.05, 4.69) is 141 Å². The standard InChI is InChI=1S/C44H60N4O2/c1-41(2,3)31-25-29(26-32(39(31)49)42(4,5)6)37(35-17-13-15-19-45-35)47-21-23-48(24-22-47)38(36-18-14-16-20-46-36)30-27-33(43(7,8)9)40(50)34(28-30)44(10,11)12/h13-20,25-28,37-38,49-50H,21-24H2,1-12H3/t37-,38-/m1/s1. The van der Waals surface area contributed by atoms with Gasteiger partial charge in [-0.25, -0.2) is 0 Å². The third kappa shape index (κ3) is 7.92. The average molecular weight is 677 g/mol. The Hall–Kier alpha value is -3.74. The average Bonchev–Trinajstić information content (AvgIpc) is 3.02. The van der Waals surface area contributed by atoms with Gasteiger partial charge in [0.25, 0.3) is 0 Å². The lowest BCUT2D eigenvalue weighted by atomic mass is 9.77. The van der Waals surface area contributed by atoms with Crippen LogP contribution in [0.1, 0.15) is 140 Å². The number of pyridine rings is 2. The molecule has 0 radical (unpaired) electrons. The van der Waals surface area contributed by atoms with Crippen molar-refractivity contribution in [2.45, 2.75) is 117 Å². The summed E-state index contributed by atoms with van der Waals surface area (Å²) in [7, 11) is 0. The molecule has 2 N–H and O–H groups in total. The van der Waals surface area contributed by atoms with Crippen molar-refractivity contribution in [1.29, 1.82) is 0 Å². The van der Waals surface area contributed by atoms with Crippen LogP contribution in [0, 0.1) is 0 Å². The molecule has 2 aromatic heterocycles. The maximum Gasteiger partial charge on any atom is 0.123 e. The Balaban J connectivity index is 1.58. The van der Waals surface area contributed by atoms with Crippen molar-refractivity contribution in [3.05, 3.63) is 118 Å². The van der Waals surface area contributed by atoms with Crippen LogP contribution in [0.3, 0.4) is 0 Å². The fraction of sp³-hybridized carbons (Fsp3) is 0.500. The zero-order valence-electron chi connectivity index (χ0n) is 32.6. The Labute approximate surface area is 301 Å². The maximum atomic E-state index is 11.6. The molecule has 1 saturated heterocycles. The van der Waals surface area contributed by atoms with Gasteiger partial charge in [0, 0.05) is 38.6 Å². The van der Waals surface area contributed by atoms with E-state index < -0.39 is 0 Å². The molecule has 0 amide bonds. The number of aromatic nitrogens is 2. The molecular weight excluding hydrogens is 617 g/mol. The number of hydrogen-bond donors (Lipinski definition) is 2. The van der Waals surface area contributed by atoms with Gasteiger partial charge < -0.3 is 10.2 Å². The predicted molar refractivity (Wildman–Crippen MR) is 206 cm³/mol. The smallest absolute Gasteiger partial charge is 0.123 e. The third-order valence-electron chi connectivity index (χ3n) is 10.1. The van der Waals surface area contributed by atoms with Crippen molar-refractivity contribution < 1.29 is 10.2 Å². The summed E-state index contributed by atoms with van der Waals surface area (Å²) >= 11 is 0. The monoisotopic (exact) mass is 676 g/mol.